The molecule has 0 heterocycles. The van der Waals surface area contributed by atoms with Gasteiger partial charge in [0.15, 0.2) is 0 Å². The summed E-state index contributed by atoms with van der Waals surface area (Å²) < 4.78 is 5.09. The number of carboxylic acid groups (broad SMARTS) is 1. The molecule has 0 fully saturated rings. The molecule has 0 saturated heterocycles. The Balaban J connectivity index is 2.86. The number of benzene rings is 1. The van der Waals surface area contributed by atoms with E-state index in [2.05, 4.69) is 5.32 Å². The van der Waals surface area contributed by atoms with E-state index >= 15 is 0 Å². The fourth-order valence-electron chi connectivity index (χ4n) is 1.72. The van der Waals surface area contributed by atoms with Crippen LogP contribution in [0.2, 0.25) is 0 Å². The van der Waals surface area contributed by atoms with E-state index in [9.17, 15) is 19.8 Å². The number of aromatic hydroxyl groups is 1. The van der Waals surface area contributed by atoms with E-state index in [1.54, 1.807) is 32.9 Å². The highest BCUT2D eigenvalue weighted by atomic mass is 16.6. The lowest BCUT2D eigenvalue weighted by molar-refractivity contribution is -0.144. The minimum absolute atomic E-state index is 0.0713. The molecule has 0 spiro atoms. The summed E-state index contributed by atoms with van der Waals surface area (Å²) in [5.74, 6) is -1.07. The summed E-state index contributed by atoms with van der Waals surface area (Å²) in [4.78, 5) is 23.3. The van der Waals surface area contributed by atoms with E-state index < -0.39 is 23.2 Å². The van der Waals surface area contributed by atoms with Crippen molar-refractivity contribution in [3.63, 3.8) is 0 Å². The summed E-state index contributed by atoms with van der Waals surface area (Å²) in [6.07, 6.45) is -0.715. The molecule has 1 aromatic carbocycles. The van der Waals surface area contributed by atoms with Gasteiger partial charge in [0.05, 0.1) is 0 Å². The van der Waals surface area contributed by atoms with Crippen LogP contribution in [-0.4, -0.2) is 33.4 Å². The smallest absolute Gasteiger partial charge is 0.408 e. The average molecular weight is 295 g/mol. The molecular formula is C15H21NO5. The molecule has 1 rings (SSSR count). The van der Waals surface area contributed by atoms with Crippen LogP contribution in [0.25, 0.3) is 0 Å². The van der Waals surface area contributed by atoms with Crippen molar-refractivity contribution in [2.75, 3.05) is 0 Å². The molecule has 6 nitrogen and oxygen atoms in total. The molecule has 0 saturated carbocycles. The SMILES string of the molecule is CC(C)(C)OC(=O)N[C@](C)(Cc1ccc(O)cc1)C(=O)O. The highest BCUT2D eigenvalue weighted by molar-refractivity contribution is 5.84. The van der Waals surface area contributed by atoms with E-state index in [-0.39, 0.29) is 12.2 Å². The number of rotatable bonds is 4. The van der Waals surface area contributed by atoms with Gasteiger partial charge in [-0.1, -0.05) is 12.1 Å². The van der Waals surface area contributed by atoms with Crippen LogP contribution in [0.4, 0.5) is 4.79 Å². The standard InChI is InChI=1S/C15H21NO5/c1-14(2,3)21-13(20)16-15(4,12(18)19)9-10-5-7-11(17)8-6-10/h5-8,17H,9H2,1-4H3,(H,16,20)(H,18,19)/t15-/m1/s1. The van der Waals surface area contributed by atoms with Gasteiger partial charge in [-0.3, -0.25) is 0 Å². The second-order valence-electron chi connectivity index (χ2n) is 6.11. The normalized spacial score (nSPS) is 14.1. The Morgan fingerprint density at radius 1 is 1.14 bits per heavy atom. The summed E-state index contributed by atoms with van der Waals surface area (Å²) >= 11 is 0. The largest absolute Gasteiger partial charge is 0.508 e. The number of carbonyl (C=O) groups excluding carboxylic acids is 1. The molecule has 21 heavy (non-hydrogen) atoms. The van der Waals surface area contributed by atoms with Crippen LogP contribution in [0, 0.1) is 0 Å². The molecule has 0 radical (unpaired) electrons. The van der Waals surface area contributed by atoms with E-state index in [0.29, 0.717) is 5.56 Å². The quantitative estimate of drug-likeness (QED) is 0.792. The van der Waals surface area contributed by atoms with Crippen LogP contribution in [-0.2, 0) is 16.0 Å². The monoisotopic (exact) mass is 295 g/mol. The Morgan fingerprint density at radius 2 is 1.67 bits per heavy atom. The van der Waals surface area contributed by atoms with Crippen molar-refractivity contribution >= 4 is 12.1 Å². The summed E-state index contributed by atoms with van der Waals surface area (Å²) in [5, 5.41) is 21.0. The maximum atomic E-state index is 11.8. The molecule has 1 aromatic rings. The number of aliphatic carboxylic acids is 1. The predicted molar refractivity (Wildman–Crippen MR) is 77.2 cm³/mol. The average Bonchev–Trinajstić information content (AvgIpc) is 2.29. The maximum Gasteiger partial charge on any atom is 0.408 e. The molecule has 6 heteroatoms. The number of carboxylic acids is 1. The van der Waals surface area contributed by atoms with Gasteiger partial charge >= 0.3 is 12.1 Å². The number of nitrogens with one attached hydrogen (secondary N) is 1. The lowest BCUT2D eigenvalue weighted by atomic mass is 9.93. The topological polar surface area (TPSA) is 95.9 Å². The second-order valence-corrected chi connectivity index (χ2v) is 6.11. The van der Waals surface area contributed by atoms with Gasteiger partial charge in [-0.05, 0) is 45.4 Å². The third-order valence-corrected chi connectivity index (χ3v) is 2.74. The molecule has 0 aliphatic rings. The summed E-state index contributed by atoms with van der Waals surface area (Å²) in [6, 6.07) is 6.14. The zero-order valence-corrected chi connectivity index (χ0v) is 12.6. The molecule has 0 aromatic heterocycles. The van der Waals surface area contributed by atoms with Gasteiger partial charge in [0, 0.05) is 6.42 Å². The first-order valence-electron chi connectivity index (χ1n) is 6.54. The first-order chi connectivity index (χ1) is 9.52. The minimum atomic E-state index is -1.50. The molecule has 116 valence electrons. The lowest BCUT2D eigenvalue weighted by Crippen LogP contribution is -2.54. The number of carbonyl (C=O) groups is 2. The van der Waals surface area contributed by atoms with Gasteiger partial charge in [0.25, 0.3) is 0 Å². The van der Waals surface area contributed by atoms with Crippen molar-refractivity contribution in [1.29, 1.82) is 0 Å². The number of amides is 1. The Morgan fingerprint density at radius 3 is 2.10 bits per heavy atom. The fourth-order valence-corrected chi connectivity index (χ4v) is 1.72. The molecule has 3 N–H and O–H groups in total. The summed E-state index contributed by atoms with van der Waals surface area (Å²) in [5.41, 5.74) is -1.53. The van der Waals surface area contributed by atoms with Crippen LogP contribution in [0.5, 0.6) is 5.75 Å². The molecule has 0 unspecified atom stereocenters. The predicted octanol–water partition coefficient (Wildman–Crippen LogP) is 2.30. The van der Waals surface area contributed by atoms with Gasteiger partial charge in [-0.25, -0.2) is 9.59 Å². The molecular weight excluding hydrogens is 274 g/mol. The van der Waals surface area contributed by atoms with E-state index in [4.69, 9.17) is 4.74 Å². The number of ether oxygens (including phenoxy) is 1. The summed E-state index contributed by atoms with van der Waals surface area (Å²) in [6.45, 7) is 6.51. The number of phenolic OH excluding ortho intramolecular Hbond substituents is 1. The Labute approximate surface area is 123 Å². The van der Waals surface area contributed by atoms with Crippen molar-refractivity contribution in [2.24, 2.45) is 0 Å². The number of phenols is 1. The molecule has 0 aliphatic heterocycles. The first kappa shape index (κ1) is 16.8. The zero-order chi connectivity index (χ0) is 16.3. The van der Waals surface area contributed by atoms with Crippen molar-refractivity contribution in [3.8, 4) is 5.75 Å². The van der Waals surface area contributed by atoms with Gasteiger partial charge in [0.2, 0.25) is 0 Å². The number of alkyl carbamates (subject to hydrolysis) is 1. The van der Waals surface area contributed by atoms with Crippen LogP contribution < -0.4 is 5.32 Å². The second kappa shape index (κ2) is 6.03. The molecule has 0 bridgehead atoms. The van der Waals surface area contributed by atoms with Gasteiger partial charge in [0.1, 0.15) is 16.9 Å². The van der Waals surface area contributed by atoms with Crippen molar-refractivity contribution in [2.45, 2.75) is 45.3 Å². The highest BCUT2D eigenvalue weighted by Gasteiger charge is 2.36. The maximum absolute atomic E-state index is 11.8. The van der Waals surface area contributed by atoms with Crippen LogP contribution in [0.1, 0.15) is 33.3 Å². The Kier molecular flexibility index (Phi) is 4.83. The summed E-state index contributed by atoms with van der Waals surface area (Å²) in [7, 11) is 0. The first-order valence-corrected chi connectivity index (χ1v) is 6.54. The third kappa shape index (κ3) is 5.33. The van der Waals surface area contributed by atoms with E-state index in [0.717, 1.165) is 0 Å². The molecule has 1 atom stereocenters. The Bertz CT molecular complexity index is 518. The lowest BCUT2D eigenvalue weighted by Gasteiger charge is -2.28. The Hall–Kier alpha value is -2.24. The van der Waals surface area contributed by atoms with Crippen LogP contribution in [0.3, 0.4) is 0 Å². The van der Waals surface area contributed by atoms with Crippen LogP contribution in [0.15, 0.2) is 24.3 Å². The zero-order valence-electron chi connectivity index (χ0n) is 12.6. The van der Waals surface area contributed by atoms with Gasteiger partial charge < -0.3 is 20.3 Å². The number of hydrogen-bond donors (Lipinski definition) is 3. The third-order valence-electron chi connectivity index (χ3n) is 2.74. The number of hydrogen-bond acceptors (Lipinski definition) is 4. The van der Waals surface area contributed by atoms with Gasteiger partial charge in [-0.15, -0.1) is 0 Å². The molecule has 1 amide bonds. The fraction of sp³-hybridized carbons (Fsp3) is 0.467. The van der Waals surface area contributed by atoms with Crippen molar-refractivity contribution in [1.82, 2.24) is 5.32 Å². The van der Waals surface area contributed by atoms with Crippen molar-refractivity contribution in [3.05, 3.63) is 29.8 Å². The minimum Gasteiger partial charge on any atom is -0.508 e. The van der Waals surface area contributed by atoms with Gasteiger partial charge in [-0.2, -0.15) is 0 Å². The van der Waals surface area contributed by atoms with E-state index in [1.165, 1.54) is 19.1 Å². The van der Waals surface area contributed by atoms with Crippen molar-refractivity contribution < 1.29 is 24.5 Å². The van der Waals surface area contributed by atoms with E-state index in [1.807, 2.05) is 0 Å². The molecule has 0 aliphatic carbocycles. The highest BCUT2D eigenvalue weighted by Crippen LogP contribution is 2.18. The van der Waals surface area contributed by atoms with Crippen LogP contribution >= 0.6 is 0 Å².